The van der Waals surface area contributed by atoms with Crippen molar-refractivity contribution in [1.82, 2.24) is 0 Å². The zero-order chi connectivity index (χ0) is 16.5. The Morgan fingerprint density at radius 1 is 0.476 bits per heavy atom. The van der Waals surface area contributed by atoms with Crippen molar-refractivity contribution in [3.8, 4) is 0 Å². The Morgan fingerprint density at radius 3 is 0.810 bits per heavy atom. The molecule has 0 bridgehead atoms. The zero-order valence-electron chi connectivity index (χ0n) is 15.2. The summed E-state index contributed by atoms with van der Waals surface area (Å²) in [4.78, 5) is 0. The minimum atomic E-state index is 0.0410. The Bertz CT molecular complexity index is 387. The van der Waals surface area contributed by atoms with E-state index in [1.54, 1.807) is 0 Å². The smallest absolute Gasteiger partial charge is 0.0385 e. The predicted octanol–water partition coefficient (Wildman–Crippen LogP) is 5.32. The molecular weight excluding hydrogens is 258 g/mol. The van der Waals surface area contributed by atoms with Gasteiger partial charge in [-0.2, -0.15) is 0 Å². The molecule has 0 amide bonds. The highest BCUT2D eigenvalue weighted by Crippen LogP contribution is 2.28. The Balaban J connectivity index is 3.13. The van der Waals surface area contributed by atoms with Crippen molar-refractivity contribution >= 4 is 17.1 Å². The summed E-state index contributed by atoms with van der Waals surface area (Å²) in [6, 6.07) is 6.51. The average molecular weight is 291 g/mol. The fourth-order valence-corrected chi connectivity index (χ4v) is 2.14. The Labute approximate surface area is 130 Å². The van der Waals surface area contributed by atoms with Gasteiger partial charge < -0.3 is 16.0 Å². The van der Waals surface area contributed by atoms with Crippen molar-refractivity contribution in [3.63, 3.8) is 0 Å². The van der Waals surface area contributed by atoms with E-state index in [2.05, 4.69) is 96.5 Å². The van der Waals surface area contributed by atoms with Gasteiger partial charge in [-0.05, 0) is 80.5 Å². The molecule has 0 saturated carbocycles. The van der Waals surface area contributed by atoms with Crippen LogP contribution in [0, 0.1) is 0 Å². The van der Waals surface area contributed by atoms with Gasteiger partial charge in [0.1, 0.15) is 0 Å². The van der Waals surface area contributed by atoms with E-state index in [0.29, 0.717) is 0 Å². The molecule has 0 fully saturated rings. The first-order valence-corrected chi connectivity index (χ1v) is 7.73. The van der Waals surface area contributed by atoms with Crippen LogP contribution in [0.1, 0.15) is 62.3 Å². The van der Waals surface area contributed by atoms with E-state index in [4.69, 9.17) is 0 Å². The van der Waals surface area contributed by atoms with Crippen LogP contribution in [0.15, 0.2) is 18.2 Å². The van der Waals surface area contributed by atoms with Gasteiger partial charge in [0, 0.05) is 33.7 Å². The molecule has 0 aliphatic heterocycles. The fraction of sp³-hybridized carbons (Fsp3) is 0.667. The first kappa shape index (κ1) is 17.7. The standard InChI is InChI=1S/C18H33N3/c1-16(2,3)19-13-10-14(20-17(4,5)6)12-15(11-13)21-18(7,8)9/h10-12,19-21H,1-9H3. The number of benzene rings is 1. The Hall–Kier alpha value is -1.38. The lowest BCUT2D eigenvalue weighted by Crippen LogP contribution is -2.29. The maximum absolute atomic E-state index is 3.55. The normalized spacial score (nSPS) is 13.0. The molecule has 0 heterocycles. The van der Waals surface area contributed by atoms with Gasteiger partial charge in [0.05, 0.1) is 0 Å². The Kier molecular flexibility index (Phi) is 4.87. The van der Waals surface area contributed by atoms with Gasteiger partial charge in [0.25, 0.3) is 0 Å². The maximum atomic E-state index is 3.55. The predicted molar refractivity (Wildman–Crippen MR) is 96.6 cm³/mol. The third-order valence-electron chi connectivity index (χ3n) is 2.49. The molecule has 21 heavy (non-hydrogen) atoms. The van der Waals surface area contributed by atoms with Gasteiger partial charge in [-0.1, -0.05) is 0 Å². The lowest BCUT2D eigenvalue weighted by molar-refractivity contribution is 0.628. The highest BCUT2D eigenvalue weighted by atomic mass is 15.0. The van der Waals surface area contributed by atoms with Gasteiger partial charge in [-0.3, -0.25) is 0 Å². The number of hydrogen-bond acceptors (Lipinski definition) is 3. The monoisotopic (exact) mass is 291 g/mol. The highest BCUT2D eigenvalue weighted by Gasteiger charge is 2.15. The molecule has 0 atom stereocenters. The average Bonchev–Trinajstić information content (AvgIpc) is 2.06. The SMILES string of the molecule is CC(C)(C)Nc1cc(NC(C)(C)C)cc(NC(C)(C)C)c1. The van der Waals surface area contributed by atoms with Gasteiger partial charge >= 0.3 is 0 Å². The minimum Gasteiger partial charge on any atom is -0.380 e. The molecule has 0 saturated heterocycles. The van der Waals surface area contributed by atoms with Crippen LogP contribution < -0.4 is 16.0 Å². The van der Waals surface area contributed by atoms with E-state index >= 15 is 0 Å². The van der Waals surface area contributed by atoms with E-state index in [-0.39, 0.29) is 16.6 Å². The second-order valence-corrected chi connectivity index (χ2v) is 8.92. The number of nitrogens with one attached hydrogen (secondary N) is 3. The van der Waals surface area contributed by atoms with Crippen LogP contribution >= 0.6 is 0 Å². The van der Waals surface area contributed by atoms with Crippen molar-refractivity contribution in [3.05, 3.63) is 18.2 Å². The van der Waals surface area contributed by atoms with Crippen LogP contribution in [-0.4, -0.2) is 16.6 Å². The molecule has 0 aliphatic carbocycles. The van der Waals surface area contributed by atoms with Gasteiger partial charge in [0.15, 0.2) is 0 Å². The second-order valence-electron chi connectivity index (χ2n) is 8.92. The third kappa shape index (κ3) is 7.84. The van der Waals surface area contributed by atoms with Gasteiger partial charge in [-0.25, -0.2) is 0 Å². The van der Waals surface area contributed by atoms with Gasteiger partial charge in [-0.15, -0.1) is 0 Å². The first-order valence-electron chi connectivity index (χ1n) is 7.73. The first-order chi connectivity index (χ1) is 9.23. The van der Waals surface area contributed by atoms with Crippen molar-refractivity contribution in [2.45, 2.75) is 78.9 Å². The number of rotatable bonds is 3. The van der Waals surface area contributed by atoms with Crippen LogP contribution in [0.25, 0.3) is 0 Å². The summed E-state index contributed by atoms with van der Waals surface area (Å²) in [6.07, 6.45) is 0. The maximum Gasteiger partial charge on any atom is 0.0385 e. The molecule has 120 valence electrons. The van der Waals surface area contributed by atoms with E-state index in [1.165, 1.54) is 0 Å². The molecule has 0 spiro atoms. The van der Waals surface area contributed by atoms with E-state index in [0.717, 1.165) is 17.1 Å². The lowest BCUT2D eigenvalue weighted by Gasteiger charge is -2.28. The van der Waals surface area contributed by atoms with Crippen LogP contribution in [0.3, 0.4) is 0 Å². The van der Waals surface area contributed by atoms with E-state index in [1.807, 2.05) is 0 Å². The van der Waals surface area contributed by atoms with Crippen LogP contribution in [-0.2, 0) is 0 Å². The molecule has 1 aromatic rings. The molecule has 3 nitrogen and oxygen atoms in total. The summed E-state index contributed by atoms with van der Waals surface area (Å²) >= 11 is 0. The van der Waals surface area contributed by atoms with Crippen LogP contribution in [0.2, 0.25) is 0 Å². The topological polar surface area (TPSA) is 36.1 Å². The summed E-state index contributed by atoms with van der Waals surface area (Å²) < 4.78 is 0. The lowest BCUT2D eigenvalue weighted by atomic mass is 10.1. The molecule has 0 aliphatic rings. The van der Waals surface area contributed by atoms with Crippen LogP contribution in [0.4, 0.5) is 17.1 Å². The summed E-state index contributed by atoms with van der Waals surface area (Å²) in [7, 11) is 0. The molecule has 3 heteroatoms. The third-order valence-corrected chi connectivity index (χ3v) is 2.49. The minimum absolute atomic E-state index is 0.0410. The molecular formula is C18H33N3. The summed E-state index contributed by atoms with van der Waals surface area (Å²) in [5, 5.41) is 10.7. The van der Waals surface area contributed by atoms with E-state index < -0.39 is 0 Å². The molecule has 0 aromatic heterocycles. The van der Waals surface area contributed by atoms with Crippen molar-refractivity contribution in [2.24, 2.45) is 0 Å². The number of anilines is 3. The summed E-state index contributed by atoms with van der Waals surface area (Å²) in [5.41, 5.74) is 3.51. The highest BCUT2D eigenvalue weighted by molar-refractivity contribution is 5.68. The number of hydrogen-bond donors (Lipinski definition) is 3. The quantitative estimate of drug-likeness (QED) is 0.705. The molecule has 0 unspecified atom stereocenters. The van der Waals surface area contributed by atoms with Crippen LogP contribution in [0.5, 0.6) is 0 Å². The fourth-order valence-electron chi connectivity index (χ4n) is 2.14. The molecule has 1 rings (SSSR count). The Morgan fingerprint density at radius 2 is 0.667 bits per heavy atom. The molecule has 0 radical (unpaired) electrons. The van der Waals surface area contributed by atoms with E-state index in [9.17, 15) is 0 Å². The zero-order valence-corrected chi connectivity index (χ0v) is 15.2. The summed E-state index contributed by atoms with van der Waals surface area (Å²) in [6.45, 7) is 19.6. The molecule has 1 aromatic carbocycles. The van der Waals surface area contributed by atoms with Crippen molar-refractivity contribution in [1.29, 1.82) is 0 Å². The van der Waals surface area contributed by atoms with Gasteiger partial charge in [0.2, 0.25) is 0 Å². The summed E-state index contributed by atoms with van der Waals surface area (Å²) in [5.74, 6) is 0. The van der Waals surface area contributed by atoms with Crippen molar-refractivity contribution < 1.29 is 0 Å². The largest absolute Gasteiger partial charge is 0.380 e. The molecule has 3 N–H and O–H groups in total. The van der Waals surface area contributed by atoms with Crippen molar-refractivity contribution in [2.75, 3.05) is 16.0 Å². The second kappa shape index (κ2) is 5.78.